The third-order valence-electron chi connectivity index (χ3n) is 8.10. The average Bonchev–Trinajstić information content (AvgIpc) is 2.51. The molecule has 0 amide bonds. The standard InChI is InChI=1S/C20H29ClO/c1-19-11-4-3-5-13(19)6-7-14-15-8-9-17(21)18(22)20(15,2)12-10-16(14)19/h3-4,9,13-16,18,22H,5-8,10-12H2,1-2H3/t13-,14+,15+,16+,18+,19+,20+/m1/s1. The van der Waals surface area contributed by atoms with Gasteiger partial charge in [0.1, 0.15) is 0 Å². The Bertz CT molecular complexity index is 524. The first-order valence-electron chi connectivity index (χ1n) is 9.15. The minimum absolute atomic E-state index is 0.000697. The van der Waals surface area contributed by atoms with E-state index in [1.807, 2.05) is 0 Å². The van der Waals surface area contributed by atoms with E-state index >= 15 is 0 Å². The summed E-state index contributed by atoms with van der Waals surface area (Å²) in [5, 5.41) is 11.4. The quantitative estimate of drug-likeness (QED) is 0.601. The van der Waals surface area contributed by atoms with Crippen LogP contribution < -0.4 is 0 Å². The summed E-state index contributed by atoms with van der Waals surface area (Å²) in [6.07, 6.45) is 15.3. The van der Waals surface area contributed by atoms with Crippen molar-refractivity contribution < 1.29 is 5.11 Å². The van der Waals surface area contributed by atoms with E-state index in [0.29, 0.717) is 16.4 Å². The lowest BCUT2D eigenvalue weighted by molar-refractivity contribution is -0.128. The van der Waals surface area contributed by atoms with Crippen molar-refractivity contribution in [2.24, 2.45) is 34.5 Å². The molecule has 1 nitrogen and oxygen atoms in total. The van der Waals surface area contributed by atoms with Crippen LogP contribution in [0.5, 0.6) is 0 Å². The molecule has 0 aliphatic heterocycles. The third kappa shape index (κ3) is 1.94. The molecule has 1 N–H and O–H groups in total. The fourth-order valence-electron chi connectivity index (χ4n) is 6.64. The molecule has 0 spiro atoms. The summed E-state index contributed by atoms with van der Waals surface area (Å²) in [6.45, 7) is 4.85. The van der Waals surface area contributed by atoms with E-state index in [4.69, 9.17) is 11.6 Å². The molecule has 0 bridgehead atoms. The number of aliphatic hydroxyl groups excluding tert-OH is 1. The van der Waals surface area contributed by atoms with Gasteiger partial charge in [0.25, 0.3) is 0 Å². The van der Waals surface area contributed by atoms with Gasteiger partial charge in [-0.15, -0.1) is 0 Å². The maximum atomic E-state index is 10.7. The Kier molecular flexibility index (Phi) is 3.55. The summed E-state index contributed by atoms with van der Waals surface area (Å²) in [5.41, 5.74) is 0.496. The molecule has 7 atom stereocenters. The van der Waals surface area contributed by atoms with Gasteiger partial charge in [-0.05, 0) is 74.0 Å². The van der Waals surface area contributed by atoms with Crippen molar-refractivity contribution in [3.63, 3.8) is 0 Å². The van der Waals surface area contributed by atoms with Crippen molar-refractivity contribution in [1.29, 1.82) is 0 Å². The van der Waals surface area contributed by atoms with Gasteiger partial charge in [-0.1, -0.05) is 43.7 Å². The first kappa shape index (κ1) is 15.3. The van der Waals surface area contributed by atoms with Crippen LogP contribution in [0.1, 0.15) is 58.8 Å². The molecule has 0 radical (unpaired) electrons. The van der Waals surface area contributed by atoms with Crippen molar-refractivity contribution in [2.75, 3.05) is 0 Å². The van der Waals surface area contributed by atoms with Crippen LogP contribution in [0.3, 0.4) is 0 Å². The Hall–Kier alpha value is -0.270. The summed E-state index contributed by atoms with van der Waals surface area (Å²) in [4.78, 5) is 0. The first-order chi connectivity index (χ1) is 10.5. The highest BCUT2D eigenvalue weighted by atomic mass is 35.5. The van der Waals surface area contributed by atoms with Gasteiger partial charge in [0.05, 0.1) is 6.10 Å². The van der Waals surface area contributed by atoms with Gasteiger partial charge >= 0.3 is 0 Å². The largest absolute Gasteiger partial charge is 0.387 e. The number of aliphatic hydroxyl groups is 1. The lowest BCUT2D eigenvalue weighted by Gasteiger charge is -2.61. The number of fused-ring (bicyclic) bond motifs is 5. The number of halogens is 1. The van der Waals surface area contributed by atoms with Gasteiger partial charge in [-0.2, -0.15) is 0 Å². The van der Waals surface area contributed by atoms with Gasteiger partial charge in [0, 0.05) is 10.4 Å². The zero-order valence-corrected chi connectivity index (χ0v) is 14.6. The highest BCUT2D eigenvalue weighted by Gasteiger charge is 2.58. The fourth-order valence-corrected chi connectivity index (χ4v) is 6.97. The van der Waals surface area contributed by atoms with Crippen LogP contribution in [0.15, 0.2) is 23.3 Å². The van der Waals surface area contributed by atoms with Crippen molar-refractivity contribution in [2.45, 2.75) is 64.9 Å². The van der Waals surface area contributed by atoms with Crippen LogP contribution in [-0.2, 0) is 0 Å². The Morgan fingerprint density at radius 2 is 1.86 bits per heavy atom. The van der Waals surface area contributed by atoms with Gasteiger partial charge in [-0.25, -0.2) is 0 Å². The van der Waals surface area contributed by atoms with E-state index in [2.05, 4.69) is 32.1 Å². The monoisotopic (exact) mass is 320 g/mol. The lowest BCUT2D eigenvalue weighted by Crippen LogP contribution is -2.56. The number of hydrogen-bond donors (Lipinski definition) is 1. The zero-order chi connectivity index (χ0) is 15.5. The molecule has 122 valence electrons. The van der Waals surface area contributed by atoms with Gasteiger partial charge < -0.3 is 5.11 Å². The SMILES string of the molecule is C[C@]12CC=CC[C@@H]1CC[C@@H]1[C@@H]2CC[C@]2(C)[C@@H](O)C(Cl)=CC[C@@H]12. The Morgan fingerprint density at radius 1 is 1.05 bits per heavy atom. The Labute approximate surface area is 139 Å². The number of rotatable bonds is 0. The summed E-state index contributed by atoms with van der Waals surface area (Å²) in [5.74, 6) is 3.12. The second kappa shape index (κ2) is 5.11. The summed E-state index contributed by atoms with van der Waals surface area (Å²) in [6, 6.07) is 0. The average molecular weight is 321 g/mol. The molecular weight excluding hydrogens is 292 g/mol. The van der Waals surface area contributed by atoms with Gasteiger partial charge in [0.15, 0.2) is 0 Å². The van der Waals surface area contributed by atoms with E-state index in [1.54, 1.807) is 0 Å². The predicted octanol–water partition coefficient (Wildman–Crippen LogP) is 5.29. The Balaban J connectivity index is 1.68. The van der Waals surface area contributed by atoms with E-state index in [1.165, 1.54) is 32.1 Å². The smallest absolute Gasteiger partial charge is 0.0948 e. The van der Waals surface area contributed by atoms with Crippen molar-refractivity contribution in [3.8, 4) is 0 Å². The topological polar surface area (TPSA) is 20.2 Å². The van der Waals surface area contributed by atoms with Crippen molar-refractivity contribution >= 4 is 11.6 Å². The number of hydrogen-bond acceptors (Lipinski definition) is 1. The molecule has 0 heterocycles. The predicted molar refractivity (Wildman–Crippen MR) is 91.6 cm³/mol. The second-order valence-electron chi connectivity index (χ2n) is 8.84. The van der Waals surface area contributed by atoms with Crippen LogP contribution in [0.25, 0.3) is 0 Å². The molecule has 0 unspecified atom stereocenters. The zero-order valence-electron chi connectivity index (χ0n) is 13.9. The summed E-state index contributed by atoms with van der Waals surface area (Å²) >= 11 is 6.29. The van der Waals surface area contributed by atoms with E-state index < -0.39 is 6.10 Å². The molecule has 0 aromatic heterocycles. The molecular formula is C20H29ClO. The van der Waals surface area contributed by atoms with E-state index in [9.17, 15) is 5.11 Å². The van der Waals surface area contributed by atoms with Crippen LogP contribution in [0.2, 0.25) is 0 Å². The van der Waals surface area contributed by atoms with Crippen molar-refractivity contribution in [1.82, 2.24) is 0 Å². The Morgan fingerprint density at radius 3 is 2.68 bits per heavy atom. The molecule has 0 aromatic rings. The van der Waals surface area contributed by atoms with E-state index in [-0.39, 0.29) is 5.41 Å². The molecule has 4 aliphatic carbocycles. The highest BCUT2D eigenvalue weighted by Crippen LogP contribution is 2.64. The van der Waals surface area contributed by atoms with Gasteiger partial charge in [-0.3, -0.25) is 0 Å². The van der Waals surface area contributed by atoms with Crippen LogP contribution >= 0.6 is 11.6 Å². The molecule has 4 aliphatic rings. The maximum absolute atomic E-state index is 10.7. The molecule has 22 heavy (non-hydrogen) atoms. The lowest BCUT2D eigenvalue weighted by atomic mass is 9.44. The maximum Gasteiger partial charge on any atom is 0.0948 e. The van der Waals surface area contributed by atoms with Crippen LogP contribution in [0, 0.1) is 34.5 Å². The first-order valence-corrected chi connectivity index (χ1v) is 9.53. The highest BCUT2D eigenvalue weighted by molar-refractivity contribution is 6.30. The van der Waals surface area contributed by atoms with Gasteiger partial charge in [0.2, 0.25) is 0 Å². The minimum Gasteiger partial charge on any atom is -0.387 e. The molecule has 4 rings (SSSR count). The normalized spacial score (nSPS) is 54.0. The number of allylic oxidation sites excluding steroid dienone is 3. The summed E-state index contributed by atoms with van der Waals surface area (Å²) in [7, 11) is 0. The molecule has 2 heteroatoms. The molecule has 0 saturated heterocycles. The molecule has 2 fully saturated rings. The summed E-state index contributed by atoms with van der Waals surface area (Å²) < 4.78 is 0. The van der Waals surface area contributed by atoms with E-state index in [0.717, 1.165) is 30.6 Å². The molecule has 0 aromatic carbocycles. The van der Waals surface area contributed by atoms with Crippen molar-refractivity contribution in [3.05, 3.63) is 23.3 Å². The molecule has 2 saturated carbocycles. The van der Waals surface area contributed by atoms with Crippen LogP contribution in [0.4, 0.5) is 0 Å². The minimum atomic E-state index is -0.439. The second-order valence-corrected chi connectivity index (χ2v) is 9.28. The van der Waals surface area contributed by atoms with Crippen LogP contribution in [-0.4, -0.2) is 11.2 Å². The third-order valence-corrected chi connectivity index (χ3v) is 8.46. The fraction of sp³-hybridized carbons (Fsp3) is 0.800.